The Balaban J connectivity index is 5.12. The van der Waals surface area contributed by atoms with E-state index in [-0.39, 0.29) is 0 Å². The number of alkyl halides is 9. The Kier molecular flexibility index (Phi) is 4.26. The summed E-state index contributed by atoms with van der Waals surface area (Å²) in [5.41, 5.74) is 0. The van der Waals surface area contributed by atoms with E-state index in [0.29, 0.717) is 0 Å². The predicted octanol–water partition coefficient (Wildman–Crippen LogP) is 2.93. The summed E-state index contributed by atoms with van der Waals surface area (Å²) >= 11 is 0. The van der Waals surface area contributed by atoms with E-state index < -0.39 is 36.6 Å². The van der Waals surface area contributed by atoms with Gasteiger partial charge in [-0.15, -0.1) is 4.90 Å². The minimum atomic E-state index is -5.97. The van der Waals surface area contributed by atoms with Crippen LogP contribution in [0.25, 0.3) is 0 Å². The van der Waals surface area contributed by atoms with Gasteiger partial charge in [-0.1, -0.05) is 0 Å². The Morgan fingerprint density at radius 1 is 0.867 bits per heavy atom. The molecule has 0 spiro atoms. The number of hydrogen-bond donors (Lipinski definition) is 0. The molecular weight excluding hydrogens is 245 g/mol. The van der Waals surface area contributed by atoms with Crippen molar-refractivity contribution in [1.29, 1.82) is 0 Å². The van der Waals surface area contributed by atoms with E-state index in [9.17, 15) is 39.5 Å². The third-order valence-corrected chi connectivity index (χ3v) is 1.35. The lowest BCUT2D eigenvalue weighted by Crippen LogP contribution is -2.59. The van der Waals surface area contributed by atoms with Crippen LogP contribution in [0.3, 0.4) is 0 Å². The van der Waals surface area contributed by atoms with Crippen molar-refractivity contribution in [3.63, 3.8) is 0 Å². The second kappa shape index (κ2) is 4.45. The van der Waals surface area contributed by atoms with E-state index in [1.54, 1.807) is 0 Å². The quantitative estimate of drug-likeness (QED) is 0.534. The molecule has 0 aromatic heterocycles. The van der Waals surface area contributed by atoms with E-state index in [4.69, 9.17) is 0 Å². The molecule has 0 fully saturated rings. The molecule has 0 saturated carbocycles. The Morgan fingerprint density at radius 2 is 1.20 bits per heavy atom. The standard InChI is InChI=1S/C5H4F9N/c6-1-4(11,12)5(13,14)15(2(7)8)3(9)10/h2-3H,1H2. The molecule has 0 rings (SSSR count). The molecule has 0 radical (unpaired) electrons. The Morgan fingerprint density at radius 3 is 1.40 bits per heavy atom. The van der Waals surface area contributed by atoms with Crippen molar-refractivity contribution in [3.05, 3.63) is 0 Å². The molecule has 0 aromatic carbocycles. The van der Waals surface area contributed by atoms with Gasteiger partial charge >= 0.3 is 25.1 Å². The van der Waals surface area contributed by atoms with Gasteiger partial charge in [-0.05, 0) is 0 Å². The smallest absolute Gasteiger partial charge is 0.244 e. The minimum Gasteiger partial charge on any atom is -0.244 e. The van der Waals surface area contributed by atoms with Crippen LogP contribution in [0.1, 0.15) is 0 Å². The lowest BCUT2D eigenvalue weighted by atomic mass is 10.3. The summed E-state index contributed by atoms with van der Waals surface area (Å²) < 4.78 is 107. The number of rotatable bonds is 5. The van der Waals surface area contributed by atoms with Gasteiger partial charge in [0.2, 0.25) is 0 Å². The molecule has 0 bridgehead atoms. The summed E-state index contributed by atoms with van der Waals surface area (Å²) in [6.07, 6.45) is 0. The maximum absolute atomic E-state index is 12.3. The van der Waals surface area contributed by atoms with Crippen molar-refractivity contribution >= 4 is 0 Å². The second-order valence-electron chi connectivity index (χ2n) is 2.34. The van der Waals surface area contributed by atoms with E-state index in [1.165, 1.54) is 0 Å². The van der Waals surface area contributed by atoms with Gasteiger partial charge in [0.15, 0.2) is 6.67 Å². The molecule has 0 aliphatic heterocycles. The first-order chi connectivity index (χ1) is 6.58. The van der Waals surface area contributed by atoms with Gasteiger partial charge in [0.1, 0.15) is 0 Å². The average Bonchev–Trinajstić information content (AvgIpc) is 2.01. The largest absolute Gasteiger partial charge is 0.379 e. The zero-order chi connectivity index (χ0) is 12.4. The van der Waals surface area contributed by atoms with Gasteiger partial charge in [0, 0.05) is 0 Å². The Hall–Kier alpha value is -0.670. The monoisotopic (exact) mass is 249 g/mol. The summed E-state index contributed by atoms with van der Waals surface area (Å²) in [6.45, 7) is -12.1. The topological polar surface area (TPSA) is 3.24 Å². The van der Waals surface area contributed by atoms with E-state index in [1.807, 2.05) is 0 Å². The van der Waals surface area contributed by atoms with Crippen molar-refractivity contribution in [2.45, 2.75) is 25.1 Å². The van der Waals surface area contributed by atoms with E-state index in [0.717, 1.165) is 0 Å². The van der Waals surface area contributed by atoms with Crippen LogP contribution in [0.15, 0.2) is 0 Å². The number of nitrogens with zero attached hydrogens (tertiary/aromatic N) is 1. The van der Waals surface area contributed by atoms with Crippen molar-refractivity contribution in [2.75, 3.05) is 6.67 Å². The van der Waals surface area contributed by atoms with Crippen molar-refractivity contribution < 1.29 is 39.5 Å². The lowest BCUT2D eigenvalue weighted by molar-refractivity contribution is -0.357. The number of hydrogen-bond acceptors (Lipinski definition) is 1. The highest BCUT2D eigenvalue weighted by atomic mass is 19.3. The fourth-order valence-corrected chi connectivity index (χ4v) is 0.600. The highest BCUT2D eigenvalue weighted by molar-refractivity contribution is 4.84. The molecule has 0 saturated heterocycles. The first kappa shape index (κ1) is 14.3. The lowest BCUT2D eigenvalue weighted by Gasteiger charge is -2.33. The van der Waals surface area contributed by atoms with Crippen LogP contribution in [0.4, 0.5) is 39.5 Å². The maximum Gasteiger partial charge on any atom is 0.379 e. The van der Waals surface area contributed by atoms with Crippen molar-refractivity contribution in [3.8, 4) is 0 Å². The van der Waals surface area contributed by atoms with Gasteiger partial charge in [0.05, 0.1) is 0 Å². The molecule has 92 valence electrons. The highest BCUT2D eigenvalue weighted by Gasteiger charge is 2.65. The van der Waals surface area contributed by atoms with Crippen LogP contribution in [-0.4, -0.2) is 36.6 Å². The molecule has 10 heteroatoms. The predicted molar refractivity (Wildman–Crippen MR) is 29.7 cm³/mol. The second-order valence-corrected chi connectivity index (χ2v) is 2.34. The molecule has 0 atom stereocenters. The van der Waals surface area contributed by atoms with Crippen LogP contribution < -0.4 is 0 Å². The van der Waals surface area contributed by atoms with Crippen molar-refractivity contribution in [2.24, 2.45) is 0 Å². The maximum atomic E-state index is 12.3. The number of halogens is 9. The van der Waals surface area contributed by atoms with Gasteiger partial charge in [-0.25, -0.2) is 4.39 Å². The molecule has 0 amide bonds. The third kappa shape index (κ3) is 2.67. The summed E-state index contributed by atoms with van der Waals surface area (Å²) in [6, 6.07) is -5.97. The van der Waals surface area contributed by atoms with E-state index in [2.05, 4.69) is 0 Å². The fourth-order valence-electron chi connectivity index (χ4n) is 0.600. The van der Waals surface area contributed by atoms with Crippen LogP contribution in [0, 0.1) is 0 Å². The molecular formula is C5H4F9N. The molecule has 0 aliphatic rings. The SMILES string of the molecule is FCC(F)(F)C(F)(F)N(C(F)F)C(F)F. The van der Waals surface area contributed by atoms with Crippen molar-refractivity contribution in [1.82, 2.24) is 4.90 Å². The normalized spacial score (nSPS) is 14.4. The van der Waals surface area contributed by atoms with Crippen LogP contribution in [0.5, 0.6) is 0 Å². The van der Waals surface area contributed by atoms with Crippen LogP contribution in [0.2, 0.25) is 0 Å². The van der Waals surface area contributed by atoms with E-state index >= 15 is 0 Å². The summed E-state index contributed by atoms with van der Waals surface area (Å²) in [5.74, 6) is -5.61. The molecule has 1 nitrogen and oxygen atoms in total. The highest BCUT2D eigenvalue weighted by Crippen LogP contribution is 2.40. The molecule has 0 N–H and O–H groups in total. The van der Waals surface area contributed by atoms with Crippen LogP contribution >= 0.6 is 0 Å². The van der Waals surface area contributed by atoms with Gasteiger partial charge in [-0.2, -0.15) is 35.1 Å². The first-order valence-electron chi connectivity index (χ1n) is 3.24. The summed E-state index contributed by atoms with van der Waals surface area (Å²) in [5, 5.41) is 0. The summed E-state index contributed by atoms with van der Waals surface area (Å²) in [4.78, 5) is -2.35. The Bertz CT molecular complexity index is 195. The molecule has 0 heterocycles. The molecule has 15 heavy (non-hydrogen) atoms. The van der Waals surface area contributed by atoms with Gasteiger partial charge in [-0.3, -0.25) is 0 Å². The minimum absolute atomic E-state index is 2.35. The first-order valence-corrected chi connectivity index (χ1v) is 3.24. The Labute approximate surface area is 77.4 Å². The molecule has 0 aliphatic carbocycles. The fraction of sp³-hybridized carbons (Fsp3) is 1.00. The molecule has 0 aromatic rings. The van der Waals surface area contributed by atoms with Gasteiger partial charge in [0.25, 0.3) is 0 Å². The van der Waals surface area contributed by atoms with Crippen LogP contribution in [-0.2, 0) is 0 Å². The summed E-state index contributed by atoms with van der Waals surface area (Å²) in [7, 11) is 0. The zero-order valence-electron chi connectivity index (χ0n) is 6.71. The molecule has 0 unspecified atom stereocenters. The zero-order valence-corrected chi connectivity index (χ0v) is 6.71. The van der Waals surface area contributed by atoms with Gasteiger partial charge < -0.3 is 0 Å². The third-order valence-electron chi connectivity index (χ3n) is 1.35. The average molecular weight is 249 g/mol.